The maximum absolute atomic E-state index is 13.1. The van der Waals surface area contributed by atoms with Crippen LogP contribution in [0.5, 0.6) is 5.75 Å². The van der Waals surface area contributed by atoms with Gasteiger partial charge in [-0.1, -0.05) is 0 Å². The van der Waals surface area contributed by atoms with Gasteiger partial charge in [0.15, 0.2) is 0 Å². The molecule has 0 spiro atoms. The van der Waals surface area contributed by atoms with E-state index in [-0.39, 0.29) is 18.0 Å². The number of aromatic nitrogens is 1. The summed E-state index contributed by atoms with van der Waals surface area (Å²) >= 11 is 0. The molecule has 0 aliphatic heterocycles. The Morgan fingerprint density at radius 1 is 1.24 bits per heavy atom. The van der Waals surface area contributed by atoms with Crippen molar-refractivity contribution in [1.82, 2.24) is 4.98 Å². The maximum atomic E-state index is 13.1. The molecule has 0 aliphatic carbocycles. The van der Waals surface area contributed by atoms with Crippen LogP contribution in [-0.4, -0.2) is 12.1 Å². The molecule has 4 nitrogen and oxygen atoms in total. The summed E-state index contributed by atoms with van der Waals surface area (Å²) in [5.74, 6) is 0.140. The highest BCUT2D eigenvalue weighted by Crippen LogP contribution is 2.38. The van der Waals surface area contributed by atoms with Crippen LogP contribution in [0, 0.1) is 0 Å². The van der Waals surface area contributed by atoms with Gasteiger partial charge >= 0.3 is 6.18 Å². The van der Waals surface area contributed by atoms with E-state index in [9.17, 15) is 13.2 Å². The molecular weight excluding hydrogens is 283 g/mol. The number of ether oxygens (including phenoxy) is 1. The Kier molecular flexibility index (Phi) is 4.32. The summed E-state index contributed by atoms with van der Waals surface area (Å²) in [6, 6.07) is 5.37. The smallest absolute Gasteiger partial charge is 0.418 e. The number of hydrogen-bond donors (Lipinski definition) is 2. The number of anilines is 2. The van der Waals surface area contributed by atoms with E-state index in [1.165, 1.54) is 25.4 Å². The van der Waals surface area contributed by atoms with Crippen LogP contribution in [0.1, 0.15) is 11.1 Å². The monoisotopic (exact) mass is 297 g/mol. The Morgan fingerprint density at radius 2 is 2.00 bits per heavy atom. The molecular formula is C14H14F3N3O. The number of pyridine rings is 1. The topological polar surface area (TPSA) is 60.2 Å². The number of hydrogen-bond acceptors (Lipinski definition) is 4. The van der Waals surface area contributed by atoms with Crippen LogP contribution < -0.4 is 15.8 Å². The molecule has 21 heavy (non-hydrogen) atoms. The van der Waals surface area contributed by atoms with E-state index < -0.39 is 11.7 Å². The molecule has 0 unspecified atom stereocenters. The Balaban J connectivity index is 2.39. The van der Waals surface area contributed by atoms with Gasteiger partial charge in [0, 0.05) is 12.7 Å². The molecule has 0 radical (unpaired) electrons. The first-order valence-corrected chi connectivity index (χ1v) is 6.10. The zero-order valence-electron chi connectivity index (χ0n) is 11.2. The van der Waals surface area contributed by atoms with Crippen LogP contribution in [0.4, 0.5) is 24.5 Å². The van der Waals surface area contributed by atoms with E-state index in [0.29, 0.717) is 5.69 Å². The number of halogens is 3. The first-order chi connectivity index (χ1) is 9.94. The first kappa shape index (κ1) is 15.1. The van der Waals surface area contributed by atoms with Crippen LogP contribution in [-0.2, 0) is 12.7 Å². The number of nitrogens with one attached hydrogen (secondary N) is 1. The van der Waals surface area contributed by atoms with Crippen LogP contribution in [0.15, 0.2) is 36.7 Å². The number of benzene rings is 1. The van der Waals surface area contributed by atoms with E-state index in [1.54, 1.807) is 12.3 Å². The summed E-state index contributed by atoms with van der Waals surface area (Å²) in [7, 11) is 1.32. The fraction of sp³-hybridized carbons (Fsp3) is 0.214. The van der Waals surface area contributed by atoms with Gasteiger partial charge in [0.05, 0.1) is 30.2 Å². The fourth-order valence-corrected chi connectivity index (χ4v) is 1.82. The van der Waals surface area contributed by atoms with Crippen molar-refractivity contribution in [2.75, 3.05) is 12.4 Å². The summed E-state index contributed by atoms with van der Waals surface area (Å²) < 4.78 is 44.1. The molecule has 0 atom stereocenters. The van der Waals surface area contributed by atoms with Gasteiger partial charge in [0.25, 0.3) is 0 Å². The number of alkyl halides is 3. The van der Waals surface area contributed by atoms with E-state index >= 15 is 0 Å². The lowest BCUT2D eigenvalue weighted by atomic mass is 10.1. The van der Waals surface area contributed by atoms with Crippen LogP contribution in [0.25, 0.3) is 0 Å². The highest BCUT2D eigenvalue weighted by atomic mass is 19.4. The van der Waals surface area contributed by atoms with E-state index in [0.717, 1.165) is 11.6 Å². The number of rotatable bonds is 4. The predicted molar refractivity (Wildman–Crippen MR) is 73.4 cm³/mol. The van der Waals surface area contributed by atoms with Crippen molar-refractivity contribution in [3.63, 3.8) is 0 Å². The SMILES string of the molecule is COc1ccc(Nc2cncc(CN)c2)c(C(F)(F)F)c1. The molecule has 0 saturated carbocycles. The molecule has 0 aliphatic rings. The van der Waals surface area contributed by atoms with Gasteiger partial charge in [0.1, 0.15) is 5.75 Å². The van der Waals surface area contributed by atoms with Crippen molar-refractivity contribution in [3.05, 3.63) is 47.8 Å². The normalized spacial score (nSPS) is 11.3. The van der Waals surface area contributed by atoms with Gasteiger partial charge in [-0.2, -0.15) is 13.2 Å². The van der Waals surface area contributed by atoms with Gasteiger partial charge in [-0.05, 0) is 29.8 Å². The summed E-state index contributed by atoms with van der Waals surface area (Å²) in [6.45, 7) is 0.261. The molecule has 112 valence electrons. The van der Waals surface area contributed by atoms with Gasteiger partial charge in [0.2, 0.25) is 0 Å². The maximum Gasteiger partial charge on any atom is 0.418 e. The van der Waals surface area contributed by atoms with Crippen LogP contribution in [0.3, 0.4) is 0 Å². The third kappa shape index (κ3) is 3.63. The molecule has 1 aromatic carbocycles. The summed E-state index contributed by atoms with van der Waals surface area (Å²) in [5, 5.41) is 2.71. The lowest BCUT2D eigenvalue weighted by molar-refractivity contribution is -0.137. The highest BCUT2D eigenvalue weighted by Gasteiger charge is 2.34. The number of nitrogens with two attached hydrogens (primary N) is 1. The molecule has 0 saturated heterocycles. The highest BCUT2D eigenvalue weighted by molar-refractivity contribution is 5.65. The summed E-state index contributed by atoms with van der Waals surface area (Å²) in [5.41, 5.74) is 5.77. The standard InChI is InChI=1S/C14H14F3N3O/c1-21-11-2-3-13(12(5-11)14(15,16)17)20-10-4-9(6-18)7-19-8-10/h2-5,7-8,20H,6,18H2,1H3. The lowest BCUT2D eigenvalue weighted by Gasteiger charge is -2.16. The zero-order chi connectivity index (χ0) is 15.5. The second-order valence-electron chi connectivity index (χ2n) is 4.32. The molecule has 2 rings (SSSR count). The third-order valence-electron chi connectivity index (χ3n) is 2.84. The summed E-state index contributed by atoms with van der Waals surface area (Å²) in [6.07, 6.45) is -1.50. The van der Waals surface area contributed by atoms with Gasteiger partial charge < -0.3 is 15.8 Å². The van der Waals surface area contributed by atoms with Gasteiger partial charge in [-0.25, -0.2) is 0 Å². The minimum absolute atomic E-state index is 0.0701. The summed E-state index contributed by atoms with van der Waals surface area (Å²) in [4.78, 5) is 3.93. The van der Waals surface area contributed by atoms with E-state index in [1.807, 2.05) is 0 Å². The lowest BCUT2D eigenvalue weighted by Crippen LogP contribution is -2.09. The number of nitrogens with zero attached hydrogens (tertiary/aromatic N) is 1. The Bertz CT molecular complexity index is 629. The molecule has 0 bridgehead atoms. The zero-order valence-corrected chi connectivity index (χ0v) is 11.2. The van der Waals surface area contributed by atoms with Crippen molar-refractivity contribution < 1.29 is 17.9 Å². The largest absolute Gasteiger partial charge is 0.497 e. The quantitative estimate of drug-likeness (QED) is 0.909. The van der Waals surface area contributed by atoms with Crippen molar-refractivity contribution in [1.29, 1.82) is 0 Å². The Morgan fingerprint density at radius 3 is 2.62 bits per heavy atom. The van der Waals surface area contributed by atoms with E-state index in [4.69, 9.17) is 10.5 Å². The van der Waals surface area contributed by atoms with Crippen molar-refractivity contribution in [2.45, 2.75) is 12.7 Å². The van der Waals surface area contributed by atoms with E-state index in [2.05, 4.69) is 10.3 Å². The van der Waals surface area contributed by atoms with Crippen LogP contribution >= 0.6 is 0 Å². The Labute approximate surface area is 119 Å². The Hall–Kier alpha value is -2.28. The third-order valence-corrected chi connectivity index (χ3v) is 2.84. The minimum atomic E-state index is -4.49. The van der Waals surface area contributed by atoms with Crippen molar-refractivity contribution in [3.8, 4) is 5.75 Å². The van der Waals surface area contributed by atoms with Crippen LogP contribution in [0.2, 0.25) is 0 Å². The fourth-order valence-electron chi connectivity index (χ4n) is 1.82. The molecule has 2 aromatic rings. The molecule has 1 heterocycles. The van der Waals surface area contributed by atoms with Crippen molar-refractivity contribution in [2.24, 2.45) is 5.73 Å². The minimum Gasteiger partial charge on any atom is -0.497 e. The first-order valence-electron chi connectivity index (χ1n) is 6.10. The molecule has 7 heteroatoms. The second-order valence-corrected chi connectivity index (χ2v) is 4.32. The molecule has 3 N–H and O–H groups in total. The molecule has 0 fully saturated rings. The van der Waals surface area contributed by atoms with Gasteiger partial charge in [-0.15, -0.1) is 0 Å². The molecule has 1 aromatic heterocycles. The predicted octanol–water partition coefficient (Wildman–Crippen LogP) is 3.31. The number of methoxy groups -OCH3 is 1. The molecule has 0 amide bonds. The second kappa shape index (κ2) is 6.01. The average Bonchev–Trinajstić information content (AvgIpc) is 2.46. The van der Waals surface area contributed by atoms with Gasteiger partial charge in [-0.3, -0.25) is 4.98 Å². The van der Waals surface area contributed by atoms with Crippen molar-refractivity contribution >= 4 is 11.4 Å². The average molecular weight is 297 g/mol.